The van der Waals surface area contributed by atoms with Crippen molar-refractivity contribution in [3.05, 3.63) is 64.4 Å². The average molecular weight is 405 g/mol. The van der Waals surface area contributed by atoms with E-state index < -0.39 is 30.3 Å². The number of halogens is 5. The Hall–Kier alpha value is -2.32. The lowest BCUT2D eigenvalue weighted by molar-refractivity contribution is -0.172. The molecular formula is C18H17ClF4N2O2. The Kier molecular flexibility index (Phi) is 6.01. The molecule has 2 aromatic rings. The van der Waals surface area contributed by atoms with E-state index in [1.54, 1.807) is 0 Å². The van der Waals surface area contributed by atoms with Gasteiger partial charge in [0.25, 0.3) is 0 Å². The summed E-state index contributed by atoms with van der Waals surface area (Å²) in [6.45, 7) is 2.29. The minimum Gasteiger partial charge on any atom is -0.363 e. The second-order valence-corrected chi connectivity index (χ2v) is 5.94. The summed E-state index contributed by atoms with van der Waals surface area (Å²) < 4.78 is 52.1. The molecule has 1 aliphatic rings. The molecule has 3 rings (SSSR count). The molecule has 2 amide bonds. The first-order chi connectivity index (χ1) is 12.6. The fraction of sp³-hybridized carbons (Fsp3) is 0.278. The van der Waals surface area contributed by atoms with Crippen LogP contribution < -0.4 is 5.32 Å². The van der Waals surface area contributed by atoms with E-state index in [1.165, 1.54) is 18.2 Å². The van der Waals surface area contributed by atoms with Crippen LogP contribution in [0, 0.1) is 5.82 Å². The first-order valence-electron chi connectivity index (χ1n) is 8.05. The van der Waals surface area contributed by atoms with Crippen molar-refractivity contribution in [1.82, 2.24) is 4.90 Å². The van der Waals surface area contributed by atoms with Gasteiger partial charge in [0.1, 0.15) is 12.4 Å². The maximum Gasteiger partial charge on any atom is 0.406 e. The van der Waals surface area contributed by atoms with Crippen LogP contribution in [0.5, 0.6) is 0 Å². The molecule has 0 saturated heterocycles. The van der Waals surface area contributed by atoms with E-state index >= 15 is 0 Å². The van der Waals surface area contributed by atoms with Crippen molar-refractivity contribution in [2.24, 2.45) is 0 Å². The number of hydrogen-bond acceptors (Lipinski definition) is 2. The van der Waals surface area contributed by atoms with Crippen LogP contribution in [-0.4, -0.2) is 28.8 Å². The lowest BCUT2D eigenvalue weighted by Crippen LogP contribution is -2.58. The maximum atomic E-state index is 13.2. The molecule has 4 nitrogen and oxygen atoms in total. The van der Waals surface area contributed by atoms with Gasteiger partial charge in [-0.1, -0.05) is 37.6 Å². The molecule has 0 radical (unpaired) electrons. The smallest absolute Gasteiger partial charge is 0.363 e. The minimum atomic E-state index is -4.76. The fourth-order valence-electron chi connectivity index (χ4n) is 2.75. The van der Waals surface area contributed by atoms with Crippen LogP contribution in [0.15, 0.2) is 42.5 Å². The first kappa shape index (κ1) is 21.0. The quantitative estimate of drug-likeness (QED) is 0.683. The molecule has 1 heterocycles. The SMILES string of the molecule is CC.O=C1Nc2ccc(Cl)cc2C(O)(c2ccc(F)cc2)N1CC(F)(F)F. The zero-order chi connectivity index (χ0) is 20.4. The van der Waals surface area contributed by atoms with Gasteiger partial charge >= 0.3 is 12.2 Å². The molecule has 1 unspecified atom stereocenters. The Morgan fingerprint density at radius 3 is 2.30 bits per heavy atom. The number of amides is 2. The van der Waals surface area contributed by atoms with Crippen LogP contribution in [0.2, 0.25) is 5.02 Å². The second kappa shape index (κ2) is 7.74. The Labute approximate surface area is 158 Å². The third kappa shape index (κ3) is 4.17. The number of urea groups is 1. The number of carbonyl (C=O) groups excluding carboxylic acids is 1. The van der Waals surface area contributed by atoms with Crippen LogP contribution in [0.3, 0.4) is 0 Å². The van der Waals surface area contributed by atoms with Crippen molar-refractivity contribution >= 4 is 23.3 Å². The molecule has 9 heteroatoms. The number of fused-ring (bicyclic) bond motifs is 1. The van der Waals surface area contributed by atoms with Gasteiger partial charge in [-0.3, -0.25) is 4.90 Å². The van der Waals surface area contributed by atoms with Crippen molar-refractivity contribution in [3.63, 3.8) is 0 Å². The van der Waals surface area contributed by atoms with Crippen molar-refractivity contribution < 1.29 is 27.5 Å². The Balaban J connectivity index is 0.00000126. The maximum absolute atomic E-state index is 13.2. The molecule has 1 atom stereocenters. The lowest BCUT2D eigenvalue weighted by Gasteiger charge is -2.44. The highest BCUT2D eigenvalue weighted by Crippen LogP contribution is 2.43. The van der Waals surface area contributed by atoms with E-state index in [4.69, 9.17) is 11.6 Å². The molecule has 0 saturated carbocycles. The average Bonchev–Trinajstić information content (AvgIpc) is 2.61. The predicted octanol–water partition coefficient (Wildman–Crippen LogP) is 5.11. The van der Waals surface area contributed by atoms with Crippen LogP contribution in [0.25, 0.3) is 0 Å². The van der Waals surface area contributed by atoms with Gasteiger partial charge in [0.15, 0.2) is 5.72 Å². The van der Waals surface area contributed by atoms with E-state index in [2.05, 4.69) is 5.32 Å². The van der Waals surface area contributed by atoms with Crippen LogP contribution in [-0.2, 0) is 5.72 Å². The summed E-state index contributed by atoms with van der Waals surface area (Å²) in [5.74, 6) is -0.638. The highest BCUT2D eigenvalue weighted by atomic mass is 35.5. The highest BCUT2D eigenvalue weighted by Gasteiger charge is 2.50. The molecule has 0 fully saturated rings. The summed E-state index contributed by atoms with van der Waals surface area (Å²) in [6.07, 6.45) is -4.76. The Morgan fingerprint density at radius 2 is 1.74 bits per heavy atom. The van der Waals surface area contributed by atoms with Gasteiger partial charge < -0.3 is 10.4 Å². The summed E-state index contributed by atoms with van der Waals surface area (Å²) in [5, 5.41) is 13.6. The predicted molar refractivity (Wildman–Crippen MR) is 94.0 cm³/mol. The number of benzene rings is 2. The monoisotopic (exact) mass is 404 g/mol. The zero-order valence-electron chi connectivity index (χ0n) is 14.4. The number of alkyl halides is 3. The van der Waals surface area contributed by atoms with Crippen LogP contribution in [0.1, 0.15) is 25.0 Å². The highest BCUT2D eigenvalue weighted by molar-refractivity contribution is 6.30. The van der Waals surface area contributed by atoms with Gasteiger partial charge in [0.2, 0.25) is 0 Å². The normalized spacial score (nSPS) is 19.0. The lowest BCUT2D eigenvalue weighted by atomic mass is 9.89. The van der Waals surface area contributed by atoms with Crippen molar-refractivity contribution in [3.8, 4) is 0 Å². The number of nitrogens with one attached hydrogen (secondary N) is 1. The summed E-state index contributed by atoms with van der Waals surface area (Å²) >= 11 is 5.91. The van der Waals surface area contributed by atoms with E-state index in [9.17, 15) is 27.5 Å². The van der Waals surface area contributed by atoms with Gasteiger partial charge in [-0.25, -0.2) is 9.18 Å². The number of carbonyl (C=O) groups is 1. The zero-order valence-corrected chi connectivity index (χ0v) is 15.2. The molecule has 0 bridgehead atoms. The molecular weight excluding hydrogens is 388 g/mol. The van der Waals surface area contributed by atoms with Gasteiger partial charge in [0, 0.05) is 16.1 Å². The second-order valence-electron chi connectivity index (χ2n) is 5.50. The van der Waals surface area contributed by atoms with Gasteiger partial charge in [-0.15, -0.1) is 0 Å². The number of anilines is 1. The largest absolute Gasteiger partial charge is 0.406 e. The molecule has 146 valence electrons. The first-order valence-corrected chi connectivity index (χ1v) is 8.43. The number of rotatable bonds is 2. The standard InChI is InChI=1S/C16H11ClF4N2O2.C2H6/c17-10-3-6-13-12(7-10)16(25,9-1-4-11(18)5-2-9)23(14(24)22-13)8-15(19,20)21;1-2/h1-7,25H,8H2,(H,22,24);1-2H3. The summed E-state index contributed by atoms with van der Waals surface area (Å²) in [4.78, 5) is 12.5. The molecule has 1 aliphatic heterocycles. The number of hydrogen-bond donors (Lipinski definition) is 2. The van der Waals surface area contributed by atoms with E-state index in [0.717, 1.165) is 24.3 Å². The van der Waals surface area contributed by atoms with E-state index in [0.29, 0.717) is 0 Å². The van der Waals surface area contributed by atoms with Crippen LogP contribution in [0.4, 0.5) is 28.0 Å². The molecule has 2 aromatic carbocycles. The van der Waals surface area contributed by atoms with E-state index in [1.807, 2.05) is 13.8 Å². The number of nitrogens with zero attached hydrogens (tertiary/aromatic N) is 1. The molecule has 0 spiro atoms. The van der Waals surface area contributed by atoms with Crippen LogP contribution >= 0.6 is 11.6 Å². The van der Waals surface area contributed by atoms with Gasteiger partial charge in [-0.05, 0) is 30.3 Å². The van der Waals surface area contributed by atoms with Gasteiger partial charge in [-0.2, -0.15) is 13.2 Å². The molecule has 0 aliphatic carbocycles. The fourth-order valence-corrected chi connectivity index (χ4v) is 2.92. The van der Waals surface area contributed by atoms with Crippen molar-refractivity contribution in [1.29, 1.82) is 0 Å². The Bertz CT molecular complexity index is 827. The summed E-state index contributed by atoms with van der Waals surface area (Å²) in [6, 6.07) is 7.10. The topological polar surface area (TPSA) is 52.6 Å². The molecule has 2 N–H and O–H groups in total. The van der Waals surface area contributed by atoms with Crippen molar-refractivity contribution in [2.75, 3.05) is 11.9 Å². The molecule has 0 aromatic heterocycles. The van der Waals surface area contributed by atoms with E-state index in [-0.39, 0.29) is 26.7 Å². The number of aliphatic hydroxyl groups is 1. The Morgan fingerprint density at radius 1 is 1.15 bits per heavy atom. The minimum absolute atomic E-state index is 0.0459. The third-order valence-corrected chi connectivity index (χ3v) is 4.05. The summed E-state index contributed by atoms with van der Waals surface area (Å²) in [7, 11) is 0. The third-order valence-electron chi connectivity index (χ3n) is 3.82. The van der Waals surface area contributed by atoms with Gasteiger partial charge in [0.05, 0.1) is 5.69 Å². The van der Waals surface area contributed by atoms with Crippen molar-refractivity contribution in [2.45, 2.75) is 25.7 Å². The molecule has 27 heavy (non-hydrogen) atoms. The summed E-state index contributed by atoms with van der Waals surface area (Å²) in [5.41, 5.74) is -2.50.